The maximum absolute atomic E-state index is 13.3. The van der Waals surface area contributed by atoms with E-state index in [0.29, 0.717) is 15.8 Å². The third kappa shape index (κ3) is 3.06. The van der Waals surface area contributed by atoms with Crippen LogP contribution in [0.2, 0.25) is 0 Å². The van der Waals surface area contributed by atoms with Gasteiger partial charge in [0.05, 0.1) is 23.6 Å². The Bertz CT molecular complexity index is 1350. The van der Waals surface area contributed by atoms with Gasteiger partial charge < -0.3 is 0 Å². The lowest BCUT2D eigenvalue weighted by Gasteiger charge is -2.07. The number of nitrogens with one attached hydrogen (secondary N) is 1. The number of aromatic nitrogens is 2. The highest BCUT2D eigenvalue weighted by Gasteiger charge is 2.18. The van der Waals surface area contributed by atoms with Gasteiger partial charge in [-0.1, -0.05) is 42.0 Å². The smallest absolute Gasteiger partial charge is 0.298 e. The zero-order valence-corrected chi connectivity index (χ0v) is 16.3. The fourth-order valence-electron chi connectivity index (χ4n) is 3.36. The molecule has 0 saturated heterocycles. The lowest BCUT2D eigenvalue weighted by Crippen LogP contribution is -2.35. The molecule has 2 aromatic heterocycles. The molecule has 5 nitrogen and oxygen atoms in total. The molecule has 138 valence electrons. The Morgan fingerprint density at radius 2 is 1.86 bits per heavy atom. The van der Waals surface area contributed by atoms with Gasteiger partial charge in [-0.05, 0) is 37.1 Å². The zero-order valence-electron chi connectivity index (χ0n) is 15.4. The minimum Gasteiger partial charge on any atom is -0.298 e. The number of H-pyrrole nitrogens is 1. The van der Waals surface area contributed by atoms with Crippen LogP contribution in [-0.4, -0.2) is 9.55 Å². The van der Waals surface area contributed by atoms with E-state index in [9.17, 15) is 9.59 Å². The first kappa shape index (κ1) is 18.0. The summed E-state index contributed by atoms with van der Waals surface area (Å²) in [6.45, 7) is 4.09. The molecule has 0 aliphatic carbocycles. The van der Waals surface area contributed by atoms with Gasteiger partial charge >= 0.3 is 5.69 Å². The molecule has 0 spiro atoms. The van der Waals surface area contributed by atoms with Gasteiger partial charge in [0, 0.05) is 10.4 Å². The Balaban J connectivity index is 1.93. The second kappa shape index (κ2) is 6.95. The van der Waals surface area contributed by atoms with Crippen LogP contribution >= 0.6 is 11.3 Å². The van der Waals surface area contributed by atoms with E-state index in [0.717, 1.165) is 27.1 Å². The lowest BCUT2D eigenvalue weighted by atomic mass is 10.0. The van der Waals surface area contributed by atoms with Crippen LogP contribution in [0.5, 0.6) is 0 Å². The molecule has 4 rings (SSSR count). The maximum atomic E-state index is 13.3. The molecule has 1 N–H and O–H groups in total. The van der Waals surface area contributed by atoms with Crippen molar-refractivity contribution in [1.29, 1.82) is 5.26 Å². The number of nitrogens with zero attached hydrogens (tertiary/aromatic N) is 2. The number of rotatable bonds is 3. The first-order valence-electron chi connectivity index (χ1n) is 8.80. The van der Waals surface area contributed by atoms with Crippen LogP contribution in [0.4, 0.5) is 0 Å². The second-order valence-corrected chi connectivity index (χ2v) is 7.96. The fraction of sp³-hybridized carbons (Fsp3) is 0.136. The van der Waals surface area contributed by atoms with Crippen LogP contribution in [-0.2, 0) is 6.54 Å². The Morgan fingerprint density at radius 1 is 1.11 bits per heavy atom. The highest BCUT2D eigenvalue weighted by Crippen LogP contribution is 2.35. The molecule has 0 fully saturated rings. The summed E-state index contributed by atoms with van der Waals surface area (Å²) in [6, 6.07) is 17.0. The number of hydrogen-bond donors (Lipinski definition) is 1. The van der Waals surface area contributed by atoms with E-state index in [1.807, 2.05) is 38.1 Å². The number of fused-ring (bicyclic) bond motifs is 1. The summed E-state index contributed by atoms with van der Waals surface area (Å²) < 4.78 is 1.20. The van der Waals surface area contributed by atoms with E-state index in [-0.39, 0.29) is 12.1 Å². The average Bonchev–Trinajstić information content (AvgIpc) is 3.02. The van der Waals surface area contributed by atoms with E-state index >= 15 is 0 Å². The Kier molecular flexibility index (Phi) is 4.46. The standard InChI is InChI=1S/C22H17N3O2S/c1-13-6-8-17(9-7-13)18-14(2)28-20-19(18)21(26)25(22(27)24-20)12-16-5-3-4-15(10-16)11-23/h3-10H,12H2,1-2H3,(H,24,27). The number of hydrogen-bond acceptors (Lipinski definition) is 4. The van der Waals surface area contributed by atoms with Gasteiger partial charge in [-0.25, -0.2) is 4.79 Å². The van der Waals surface area contributed by atoms with Crippen LogP contribution < -0.4 is 11.2 Å². The highest BCUT2D eigenvalue weighted by atomic mass is 32.1. The van der Waals surface area contributed by atoms with Gasteiger partial charge in [0.25, 0.3) is 5.56 Å². The topological polar surface area (TPSA) is 78.7 Å². The van der Waals surface area contributed by atoms with Crippen LogP contribution in [0, 0.1) is 25.2 Å². The van der Waals surface area contributed by atoms with Crippen LogP contribution in [0.25, 0.3) is 21.3 Å². The van der Waals surface area contributed by atoms with Gasteiger partial charge in [0.2, 0.25) is 0 Å². The van der Waals surface area contributed by atoms with Crippen molar-refractivity contribution < 1.29 is 0 Å². The second-order valence-electron chi connectivity index (χ2n) is 6.74. The third-order valence-electron chi connectivity index (χ3n) is 4.75. The molecule has 0 atom stereocenters. The van der Waals surface area contributed by atoms with E-state index < -0.39 is 5.69 Å². The number of aromatic amines is 1. The van der Waals surface area contributed by atoms with Crippen molar-refractivity contribution in [1.82, 2.24) is 9.55 Å². The number of aryl methyl sites for hydroxylation is 2. The minimum atomic E-state index is -0.448. The number of thiophene rings is 1. The molecule has 0 radical (unpaired) electrons. The summed E-state index contributed by atoms with van der Waals surface area (Å²) in [5, 5.41) is 9.61. The van der Waals surface area contributed by atoms with Crippen molar-refractivity contribution in [3.8, 4) is 17.2 Å². The van der Waals surface area contributed by atoms with Crippen LogP contribution in [0.1, 0.15) is 21.6 Å². The van der Waals surface area contributed by atoms with Crippen molar-refractivity contribution in [3.05, 3.63) is 90.9 Å². The van der Waals surface area contributed by atoms with Crippen LogP contribution in [0.3, 0.4) is 0 Å². The normalized spacial score (nSPS) is 10.9. The predicted molar refractivity (Wildman–Crippen MR) is 112 cm³/mol. The molecule has 0 amide bonds. The van der Waals surface area contributed by atoms with Crippen molar-refractivity contribution in [2.75, 3.05) is 0 Å². The van der Waals surface area contributed by atoms with Gasteiger partial charge in [0.15, 0.2) is 0 Å². The molecular formula is C22H17N3O2S. The van der Waals surface area contributed by atoms with Crippen molar-refractivity contribution >= 4 is 21.6 Å². The third-order valence-corrected chi connectivity index (χ3v) is 5.77. The molecule has 6 heteroatoms. The van der Waals surface area contributed by atoms with Gasteiger partial charge in [0.1, 0.15) is 4.83 Å². The average molecular weight is 387 g/mol. The Hall–Kier alpha value is -3.43. The molecule has 0 aliphatic heterocycles. The van der Waals surface area contributed by atoms with Gasteiger partial charge in [-0.3, -0.25) is 14.3 Å². The summed E-state index contributed by atoms with van der Waals surface area (Å²) >= 11 is 1.42. The molecule has 0 unspecified atom stereocenters. The SMILES string of the molecule is Cc1ccc(-c2c(C)sc3[nH]c(=O)n(Cc4cccc(C#N)c4)c(=O)c23)cc1. The van der Waals surface area contributed by atoms with Gasteiger partial charge in [-0.15, -0.1) is 11.3 Å². The highest BCUT2D eigenvalue weighted by molar-refractivity contribution is 7.19. The summed E-state index contributed by atoms with van der Waals surface area (Å²) in [5.74, 6) is 0. The summed E-state index contributed by atoms with van der Waals surface area (Å²) in [6.07, 6.45) is 0. The molecule has 2 heterocycles. The molecular weight excluding hydrogens is 370 g/mol. The quantitative estimate of drug-likeness (QED) is 0.578. The monoisotopic (exact) mass is 387 g/mol. The maximum Gasteiger partial charge on any atom is 0.329 e. The van der Waals surface area contributed by atoms with Crippen molar-refractivity contribution in [2.24, 2.45) is 0 Å². The largest absolute Gasteiger partial charge is 0.329 e. The predicted octanol–water partition coefficient (Wildman–Crippen LogP) is 3.96. The zero-order chi connectivity index (χ0) is 19.8. The van der Waals surface area contributed by atoms with E-state index in [2.05, 4.69) is 11.1 Å². The molecule has 28 heavy (non-hydrogen) atoms. The Labute approximate surface area is 165 Å². The van der Waals surface area contributed by atoms with Crippen molar-refractivity contribution in [3.63, 3.8) is 0 Å². The summed E-state index contributed by atoms with van der Waals surface area (Å²) in [7, 11) is 0. The Morgan fingerprint density at radius 3 is 2.57 bits per heavy atom. The molecule has 0 bridgehead atoms. The summed E-state index contributed by atoms with van der Waals surface area (Å²) in [5.41, 5.74) is 3.42. The van der Waals surface area contributed by atoms with Gasteiger partial charge in [-0.2, -0.15) is 5.26 Å². The van der Waals surface area contributed by atoms with E-state index in [1.54, 1.807) is 24.3 Å². The molecule has 4 aromatic rings. The molecule has 0 aliphatic rings. The first-order chi connectivity index (χ1) is 13.5. The first-order valence-corrected chi connectivity index (χ1v) is 9.62. The fourth-order valence-corrected chi connectivity index (χ4v) is 4.42. The lowest BCUT2D eigenvalue weighted by molar-refractivity contribution is 0.713. The summed E-state index contributed by atoms with van der Waals surface area (Å²) in [4.78, 5) is 30.3. The number of nitriles is 1. The van der Waals surface area contributed by atoms with E-state index in [1.165, 1.54) is 15.9 Å². The minimum absolute atomic E-state index is 0.113. The molecule has 0 saturated carbocycles. The number of benzene rings is 2. The van der Waals surface area contributed by atoms with Crippen molar-refractivity contribution in [2.45, 2.75) is 20.4 Å². The van der Waals surface area contributed by atoms with Crippen LogP contribution in [0.15, 0.2) is 58.1 Å². The molecule has 2 aromatic carbocycles. The van der Waals surface area contributed by atoms with E-state index in [4.69, 9.17) is 5.26 Å².